The van der Waals surface area contributed by atoms with Gasteiger partial charge >= 0.3 is 12.0 Å². The van der Waals surface area contributed by atoms with Gasteiger partial charge in [-0.1, -0.05) is 12.2 Å². The zero-order valence-electron chi connectivity index (χ0n) is 16.0. The fraction of sp³-hybridized carbons (Fsp3) is 0.750. The first-order valence-corrected chi connectivity index (χ1v) is 10.1. The van der Waals surface area contributed by atoms with Gasteiger partial charge in [0.1, 0.15) is 6.04 Å². The molecule has 1 unspecified atom stereocenters. The summed E-state index contributed by atoms with van der Waals surface area (Å²) in [6, 6.07) is -1.15. The second-order valence-corrected chi connectivity index (χ2v) is 8.59. The van der Waals surface area contributed by atoms with Crippen molar-refractivity contribution in [2.45, 2.75) is 69.9 Å². The number of nitrogens with one attached hydrogen (secondary N) is 3. The maximum absolute atomic E-state index is 12.3. The molecule has 0 spiro atoms. The molecule has 4 saturated carbocycles. The summed E-state index contributed by atoms with van der Waals surface area (Å²) in [7, 11) is 0. The van der Waals surface area contributed by atoms with Crippen LogP contribution in [0.15, 0.2) is 12.2 Å². The van der Waals surface area contributed by atoms with Gasteiger partial charge in [-0.05, 0) is 69.6 Å². The van der Waals surface area contributed by atoms with E-state index in [0.29, 0.717) is 0 Å². The van der Waals surface area contributed by atoms with Crippen molar-refractivity contribution < 1.29 is 19.5 Å². The summed E-state index contributed by atoms with van der Waals surface area (Å²) in [4.78, 5) is 35.4. The van der Waals surface area contributed by atoms with Crippen LogP contribution in [-0.4, -0.2) is 41.1 Å². The second-order valence-electron chi connectivity index (χ2n) is 8.59. The van der Waals surface area contributed by atoms with Gasteiger partial charge in [0.2, 0.25) is 5.91 Å². The third kappa shape index (κ3) is 5.02. The summed E-state index contributed by atoms with van der Waals surface area (Å²) in [6.07, 6.45) is 11.0. The Morgan fingerprint density at radius 1 is 1.11 bits per heavy atom. The number of aliphatic carboxylic acids is 1. The molecule has 27 heavy (non-hydrogen) atoms. The third-order valence-corrected chi connectivity index (χ3v) is 6.30. The fourth-order valence-corrected chi connectivity index (χ4v) is 5.60. The van der Waals surface area contributed by atoms with Crippen LogP contribution < -0.4 is 16.0 Å². The van der Waals surface area contributed by atoms with Crippen LogP contribution in [0.2, 0.25) is 0 Å². The third-order valence-electron chi connectivity index (χ3n) is 6.30. The first kappa shape index (κ1) is 19.7. The van der Waals surface area contributed by atoms with Gasteiger partial charge in [0, 0.05) is 18.5 Å². The minimum atomic E-state index is -1.06. The van der Waals surface area contributed by atoms with E-state index in [1.807, 2.05) is 0 Å². The molecule has 150 valence electrons. The SMILES string of the molecule is C/C=C/CC(NC(=O)CCNC(=O)NC12CC3CC(CC(C3)C1)C2)C(=O)O. The van der Waals surface area contributed by atoms with Crippen molar-refractivity contribution >= 4 is 17.9 Å². The van der Waals surface area contributed by atoms with E-state index in [1.165, 1.54) is 19.3 Å². The van der Waals surface area contributed by atoms with Crippen molar-refractivity contribution in [2.24, 2.45) is 17.8 Å². The van der Waals surface area contributed by atoms with Gasteiger partial charge in [0.05, 0.1) is 0 Å². The smallest absolute Gasteiger partial charge is 0.326 e. The van der Waals surface area contributed by atoms with Gasteiger partial charge in [-0.2, -0.15) is 0 Å². The van der Waals surface area contributed by atoms with Gasteiger partial charge in [-0.25, -0.2) is 9.59 Å². The van der Waals surface area contributed by atoms with E-state index in [9.17, 15) is 14.4 Å². The summed E-state index contributed by atoms with van der Waals surface area (Å²) in [5.41, 5.74) is -0.0536. The quantitative estimate of drug-likeness (QED) is 0.486. The molecule has 4 aliphatic carbocycles. The number of rotatable bonds is 8. The number of hydrogen-bond acceptors (Lipinski definition) is 3. The zero-order chi connectivity index (χ0) is 19.4. The van der Waals surface area contributed by atoms with Gasteiger partial charge in [-0.3, -0.25) is 4.79 Å². The first-order chi connectivity index (χ1) is 12.9. The minimum absolute atomic E-state index is 0.0536. The van der Waals surface area contributed by atoms with E-state index < -0.39 is 12.0 Å². The van der Waals surface area contributed by atoms with Crippen molar-refractivity contribution in [3.63, 3.8) is 0 Å². The lowest BCUT2D eigenvalue weighted by atomic mass is 9.53. The van der Waals surface area contributed by atoms with E-state index in [0.717, 1.165) is 37.0 Å². The number of amides is 3. The number of carbonyl (C=O) groups is 3. The molecular weight excluding hydrogens is 346 g/mol. The molecule has 4 fully saturated rings. The largest absolute Gasteiger partial charge is 0.480 e. The Kier molecular flexibility index (Phi) is 6.07. The van der Waals surface area contributed by atoms with Crippen LogP contribution in [0.1, 0.15) is 58.3 Å². The Morgan fingerprint density at radius 2 is 1.70 bits per heavy atom. The maximum atomic E-state index is 12.3. The summed E-state index contributed by atoms with van der Waals surface area (Å²) < 4.78 is 0. The molecule has 4 aliphatic rings. The molecular formula is C20H31N3O4. The highest BCUT2D eigenvalue weighted by Gasteiger charge is 2.51. The van der Waals surface area contributed by atoms with E-state index in [4.69, 9.17) is 5.11 Å². The Balaban J connectivity index is 1.39. The molecule has 0 aromatic rings. The molecule has 4 N–H and O–H groups in total. The number of carbonyl (C=O) groups excluding carboxylic acids is 2. The minimum Gasteiger partial charge on any atom is -0.480 e. The highest BCUT2D eigenvalue weighted by Crippen LogP contribution is 2.55. The second kappa shape index (κ2) is 8.31. The standard InChI is InChI=1S/C20H31N3O4/c1-2-3-4-16(18(25)26)22-17(24)5-6-21-19(27)23-20-10-13-7-14(11-20)9-15(8-13)12-20/h2-3,13-16H,4-12H2,1H3,(H,22,24)(H,25,26)(H2,21,23,27)/b3-2+. The van der Waals surface area contributed by atoms with Crippen LogP contribution in [-0.2, 0) is 9.59 Å². The normalized spacial score (nSPS) is 32.3. The van der Waals surface area contributed by atoms with Crippen LogP contribution in [0.4, 0.5) is 4.79 Å². The van der Waals surface area contributed by atoms with E-state index in [-0.39, 0.29) is 36.9 Å². The van der Waals surface area contributed by atoms with Gasteiger partial charge < -0.3 is 21.1 Å². The maximum Gasteiger partial charge on any atom is 0.326 e. The van der Waals surface area contributed by atoms with Crippen molar-refractivity contribution in [3.05, 3.63) is 12.2 Å². The Labute approximate surface area is 160 Å². The van der Waals surface area contributed by atoms with Gasteiger partial charge in [-0.15, -0.1) is 0 Å². The molecule has 0 aliphatic heterocycles. The lowest BCUT2D eigenvalue weighted by Gasteiger charge is -2.56. The van der Waals surface area contributed by atoms with Crippen molar-refractivity contribution in [3.8, 4) is 0 Å². The summed E-state index contributed by atoms with van der Waals surface area (Å²) in [5.74, 6) is 0.836. The van der Waals surface area contributed by atoms with E-state index >= 15 is 0 Å². The van der Waals surface area contributed by atoms with Crippen LogP contribution in [0.3, 0.4) is 0 Å². The number of carboxylic acid groups (broad SMARTS) is 1. The molecule has 1 atom stereocenters. The van der Waals surface area contributed by atoms with Crippen molar-refractivity contribution in [2.75, 3.05) is 6.54 Å². The molecule has 0 radical (unpaired) electrons. The lowest BCUT2D eigenvalue weighted by molar-refractivity contribution is -0.141. The zero-order valence-corrected chi connectivity index (χ0v) is 16.0. The Bertz CT molecular complexity index is 581. The number of urea groups is 1. The molecule has 0 saturated heterocycles. The monoisotopic (exact) mass is 377 g/mol. The molecule has 4 rings (SSSR count). The topological polar surface area (TPSA) is 108 Å². The van der Waals surface area contributed by atoms with Gasteiger partial charge in [0.15, 0.2) is 0 Å². The van der Waals surface area contributed by atoms with Crippen molar-refractivity contribution in [1.82, 2.24) is 16.0 Å². The predicted molar refractivity (Wildman–Crippen MR) is 101 cm³/mol. The molecule has 4 bridgehead atoms. The molecule has 0 aromatic carbocycles. The number of allylic oxidation sites excluding steroid dienone is 1. The first-order valence-electron chi connectivity index (χ1n) is 10.1. The molecule has 3 amide bonds. The van der Waals surface area contributed by atoms with E-state index in [1.54, 1.807) is 19.1 Å². The molecule has 7 nitrogen and oxygen atoms in total. The lowest BCUT2D eigenvalue weighted by Crippen LogP contribution is -2.61. The Hall–Kier alpha value is -2.05. The van der Waals surface area contributed by atoms with Crippen LogP contribution in [0, 0.1) is 17.8 Å². The van der Waals surface area contributed by atoms with Crippen LogP contribution >= 0.6 is 0 Å². The predicted octanol–water partition coefficient (Wildman–Crippen LogP) is 2.18. The number of carboxylic acids is 1. The average molecular weight is 377 g/mol. The highest BCUT2D eigenvalue weighted by atomic mass is 16.4. The van der Waals surface area contributed by atoms with Crippen LogP contribution in [0.5, 0.6) is 0 Å². The number of hydrogen-bond donors (Lipinski definition) is 4. The molecule has 0 aromatic heterocycles. The molecule has 7 heteroatoms. The summed E-state index contributed by atoms with van der Waals surface area (Å²) in [6.45, 7) is 1.99. The molecule has 0 heterocycles. The van der Waals surface area contributed by atoms with E-state index in [2.05, 4.69) is 16.0 Å². The van der Waals surface area contributed by atoms with Crippen LogP contribution in [0.25, 0.3) is 0 Å². The Morgan fingerprint density at radius 3 is 2.22 bits per heavy atom. The highest BCUT2D eigenvalue weighted by molar-refractivity contribution is 5.84. The van der Waals surface area contributed by atoms with Crippen molar-refractivity contribution in [1.29, 1.82) is 0 Å². The van der Waals surface area contributed by atoms with Gasteiger partial charge in [0.25, 0.3) is 0 Å². The fourth-order valence-electron chi connectivity index (χ4n) is 5.60. The summed E-state index contributed by atoms with van der Waals surface area (Å²) in [5, 5.41) is 17.6. The average Bonchev–Trinajstić information content (AvgIpc) is 2.56. The summed E-state index contributed by atoms with van der Waals surface area (Å²) >= 11 is 0.